The summed E-state index contributed by atoms with van der Waals surface area (Å²) in [6.07, 6.45) is 3.52. The number of likely N-dealkylation sites (tertiary alicyclic amines) is 1. The van der Waals surface area contributed by atoms with Crippen LogP contribution in [0.15, 0.2) is 53.2 Å². The van der Waals surface area contributed by atoms with Gasteiger partial charge in [0.1, 0.15) is 5.84 Å². The summed E-state index contributed by atoms with van der Waals surface area (Å²) in [4.78, 5) is 6.94. The van der Waals surface area contributed by atoms with Crippen LogP contribution < -0.4 is 9.44 Å². The van der Waals surface area contributed by atoms with E-state index in [1.807, 2.05) is 18.2 Å². The van der Waals surface area contributed by atoms with E-state index in [-0.39, 0.29) is 12.5 Å². The number of amidine groups is 1. The Labute approximate surface area is 213 Å². The summed E-state index contributed by atoms with van der Waals surface area (Å²) in [5.74, 6) is 0.305. The van der Waals surface area contributed by atoms with Gasteiger partial charge >= 0.3 is 10.2 Å². The summed E-state index contributed by atoms with van der Waals surface area (Å²) in [7, 11) is -3.76. The largest absolute Gasteiger partial charge is 0.322 e. The number of piperidine rings is 1. The maximum atomic E-state index is 12.3. The number of benzene rings is 2. The molecule has 0 radical (unpaired) electrons. The first kappa shape index (κ1) is 24.6. The van der Waals surface area contributed by atoms with Gasteiger partial charge in [0.15, 0.2) is 0 Å². The van der Waals surface area contributed by atoms with E-state index >= 15 is 0 Å². The Balaban J connectivity index is 1.44. The number of allylic oxidation sites excluding steroid dienone is 1. The lowest BCUT2D eigenvalue weighted by molar-refractivity contribution is 0.206. The van der Waals surface area contributed by atoms with Crippen molar-refractivity contribution in [3.8, 4) is 0 Å². The van der Waals surface area contributed by atoms with E-state index in [2.05, 4.69) is 19.3 Å². The molecule has 2 aromatic carbocycles. The van der Waals surface area contributed by atoms with Crippen molar-refractivity contribution in [2.24, 2.45) is 4.99 Å². The third-order valence-corrected chi connectivity index (χ3v) is 7.99. The molecule has 2 aromatic rings. The first-order valence-electron chi connectivity index (χ1n) is 10.4. The van der Waals surface area contributed by atoms with Crippen molar-refractivity contribution < 1.29 is 8.42 Å². The lowest BCUT2D eigenvalue weighted by Crippen LogP contribution is -2.45. The van der Waals surface area contributed by atoms with Crippen LogP contribution in [0.1, 0.15) is 24.0 Å². The minimum absolute atomic E-state index is 0.000156. The van der Waals surface area contributed by atoms with Gasteiger partial charge in [-0.2, -0.15) is 8.42 Å². The minimum Gasteiger partial charge on any atom is -0.299 e. The standard InChI is InChI=1S/C22H22Cl4N4O2S/c23-18-3-1-4-19(24)16(18)11-15-12-22(29-33(31,32)28-15)27-14-7-9-30(10-8-14)13-17-20(25)5-2-6-21(17)26/h1-6,12,14,28H,7-11,13H2,(H,27,29). The van der Waals surface area contributed by atoms with Crippen molar-refractivity contribution in [1.82, 2.24) is 14.3 Å². The van der Waals surface area contributed by atoms with Crippen LogP contribution >= 0.6 is 46.4 Å². The molecule has 2 aliphatic heterocycles. The molecular formula is C22H22Cl4N4O2S. The number of nitrogens with zero attached hydrogens (tertiary/aromatic N) is 2. The van der Waals surface area contributed by atoms with E-state index in [4.69, 9.17) is 46.4 Å². The normalized spacial score (nSPS) is 20.2. The third-order valence-electron chi connectivity index (χ3n) is 5.57. The van der Waals surface area contributed by atoms with Crippen LogP contribution in [-0.4, -0.2) is 38.3 Å². The molecule has 33 heavy (non-hydrogen) atoms. The molecular weight excluding hydrogens is 526 g/mol. The van der Waals surface area contributed by atoms with Crippen LogP contribution in [0.2, 0.25) is 20.1 Å². The zero-order valence-corrected chi connectivity index (χ0v) is 21.3. The number of hydrogen-bond acceptors (Lipinski definition) is 4. The van der Waals surface area contributed by atoms with Gasteiger partial charge in [-0.1, -0.05) is 58.5 Å². The van der Waals surface area contributed by atoms with E-state index in [9.17, 15) is 8.42 Å². The molecule has 0 saturated carbocycles. The Hall–Kier alpha value is -1.48. The fourth-order valence-corrected chi connectivity index (χ4v) is 5.87. The second kappa shape index (κ2) is 10.4. The highest BCUT2D eigenvalue weighted by atomic mass is 35.5. The van der Waals surface area contributed by atoms with Crippen molar-refractivity contribution in [1.29, 1.82) is 0 Å². The Morgan fingerprint density at radius 3 is 2.00 bits per heavy atom. The van der Waals surface area contributed by atoms with E-state index in [0.29, 0.717) is 43.7 Å². The van der Waals surface area contributed by atoms with Gasteiger partial charge in [0.2, 0.25) is 0 Å². The van der Waals surface area contributed by atoms with Crippen molar-refractivity contribution in [3.63, 3.8) is 0 Å². The van der Waals surface area contributed by atoms with Gasteiger partial charge in [0, 0.05) is 63.5 Å². The van der Waals surface area contributed by atoms with Crippen LogP contribution in [-0.2, 0) is 23.2 Å². The fraction of sp³-hybridized carbons (Fsp3) is 0.318. The van der Waals surface area contributed by atoms with Crippen LogP contribution in [0, 0.1) is 0 Å². The average molecular weight is 548 g/mol. The molecule has 176 valence electrons. The fourth-order valence-electron chi connectivity index (χ4n) is 3.91. The van der Waals surface area contributed by atoms with Gasteiger partial charge in [0.25, 0.3) is 0 Å². The molecule has 6 nitrogen and oxygen atoms in total. The van der Waals surface area contributed by atoms with E-state index < -0.39 is 10.2 Å². The third kappa shape index (κ3) is 6.35. The molecule has 2 N–H and O–H groups in total. The summed E-state index contributed by atoms with van der Waals surface area (Å²) >= 11 is 25.1. The molecule has 0 atom stereocenters. The van der Waals surface area contributed by atoms with Gasteiger partial charge < -0.3 is 0 Å². The number of hydrogen-bond donors (Lipinski definition) is 2. The Kier molecular flexibility index (Phi) is 7.78. The number of aliphatic imine (C=N–C) groups is 1. The summed E-state index contributed by atoms with van der Waals surface area (Å²) in [5, 5.41) is 2.27. The summed E-state index contributed by atoms with van der Waals surface area (Å²) in [6, 6.07) is 10.7. The van der Waals surface area contributed by atoms with Crippen molar-refractivity contribution in [2.75, 3.05) is 13.1 Å². The molecule has 1 saturated heterocycles. The summed E-state index contributed by atoms with van der Waals surface area (Å²) < 4.78 is 29.7. The number of rotatable bonds is 5. The Morgan fingerprint density at radius 1 is 0.879 bits per heavy atom. The van der Waals surface area contributed by atoms with Crippen LogP contribution in [0.25, 0.3) is 0 Å². The number of halogens is 4. The average Bonchev–Trinajstić information content (AvgIpc) is 2.74. The maximum absolute atomic E-state index is 12.3. The molecule has 11 heteroatoms. The maximum Gasteiger partial charge on any atom is 0.322 e. The lowest BCUT2D eigenvalue weighted by Gasteiger charge is -2.31. The predicted molar refractivity (Wildman–Crippen MR) is 136 cm³/mol. The second-order valence-corrected chi connectivity index (χ2v) is 11.0. The van der Waals surface area contributed by atoms with Crippen LogP contribution in [0.4, 0.5) is 0 Å². The smallest absolute Gasteiger partial charge is 0.299 e. The molecule has 0 aliphatic carbocycles. The quantitative estimate of drug-likeness (QED) is 0.538. The van der Waals surface area contributed by atoms with Crippen molar-refractivity contribution in [2.45, 2.75) is 31.8 Å². The summed E-state index contributed by atoms with van der Waals surface area (Å²) in [5.41, 5.74) is 2.03. The first-order valence-corrected chi connectivity index (χ1v) is 13.4. The minimum atomic E-state index is -3.76. The Bertz CT molecular complexity index is 1170. The molecule has 1 fully saturated rings. The topological polar surface area (TPSA) is 73.8 Å². The van der Waals surface area contributed by atoms with Gasteiger partial charge in [0.05, 0.1) is 6.04 Å². The van der Waals surface area contributed by atoms with Gasteiger partial charge in [-0.25, -0.2) is 0 Å². The molecule has 2 heterocycles. The molecule has 0 aromatic heterocycles. The van der Waals surface area contributed by atoms with Crippen molar-refractivity contribution >= 4 is 62.4 Å². The van der Waals surface area contributed by atoms with Gasteiger partial charge in [-0.05, 0) is 42.7 Å². The molecule has 2 aliphatic rings. The summed E-state index contributed by atoms with van der Waals surface area (Å²) in [6.45, 7) is 2.28. The van der Waals surface area contributed by atoms with Crippen LogP contribution in [0.3, 0.4) is 0 Å². The number of nitrogens with one attached hydrogen (secondary N) is 2. The Morgan fingerprint density at radius 2 is 1.42 bits per heavy atom. The second-order valence-electron chi connectivity index (χ2n) is 7.98. The van der Waals surface area contributed by atoms with Gasteiger partial charge in [-0.15, -0.1) is 0 Å². The van der Waals surface area contributed by atoms with Crippen molar-refractivity contribution in [3.05, 3.63) is 79.4 Å². The first-order chi connectivity index (χ1) is 15.7. The highest BCUT2D eigenvalue weighted by molar-refractivity contribution is 7.88. The predicted octanol–water partition coefficient (Wildman–Crippen LogP) is 5.23. The molecule has 0 spiro atoms. The lowest BCUT2D eigenvalue weighted by atomic mass is 10.0. The molecule has 0 bridgehead atoms. The van der Waals surface area contributed by atoms with E-state index in [1.54, 1.807) is 24.3 Å². The highest BCUT2D eigenvalue weighted by Gasteiger charge is 2.24. The van der Waals surface area contributed by atoms with E-state index in [0.717, 1.165) is 31.5 Å². The SMILES string of the molecule is O=S1(=O)NC(Cc2c(Cl)cccc2Cl)=CC(=NC2CCN(Cc3c(Cl)cccc3Cl)CC2)N1. The highest BCUT2D eigenvalue weighted by Crippen LogP contribution is 2.28. The zero-order chi connectivity index (χ0) is 23.6. The van der Waals surface area contributed by atoms with E-state index in [1.165, 1.54) is 0 Å². The monoisotopic (exact) mass is 546 g/mol. The van der Waals surface area contributed by atoms with Gasteiger partial charge in [-0.3, -0.25) is 19.3 Å². The van der Waals surface area contributed by atoms with Crippen LogP contribution in [0.5, 0.6) is 0 Å². The zero-order valence-electron chi connectivity index (χ0n) is 17.5. The molecule has 0 unspecified atom stereocenters. The molecule has 0 amide bonds. The molecule has 4 rings (SSSR count).